The van der Waals surface area contributed by atoms with Gasteiger partial charge in [-0.1, -0.05) is 0 Å². The molecule has 0 amide bonds. The van der Waals surface area contributed by atoms with E-state index in [0.717, 1.165) is 0 Å². The molecule has 20 nitrogen and oxygen atoms in total. The van der Waals surface area contributed by atoms with Gasteiger partial charge in [0.15, 0.2) is 18.9 Å². The quantitative estimate of drug-likeness (QED) is 0.111. The van der Waals surface area contributed by atoms with Crippen molar-refractivity contribution in [1.82, 2.24) is 0 Å². The van der Waals surface area contributed by atoms with Crippen molar-refractivity contribution in [1.29, 1.82) is 0 Å². The molecule has 0 saturated carbocycles. The molecule has 20 heteroatoms. The third-order valence-corrected chi connectivity index (χ3v) is 7.72. The predicted molar refractivity (Wildman–Crippen MR) is 131 cm³/mol. The second kappa shape index (κ2) is 14.4. The van der Waals surface area contributed by atoms with Gasteiger partial charge < -0.3 is 94.4 Å². The molecule has 4 aliphatic heterocycles. The van der Waals surface area contributed by atoms with Crippen LogP contribution in [0.4, 0.5) is 0 Å². The van der Waals surface area contributed by atoms with E-state index in [4.69, 9.17) is 38.3 Å². The van der Waals surface area contributed by atoms with Crippen LogP contribution in [-0.4, -0.2) is 191 Å². The fraction of sp³-hybridized carbons (Fsp3) is 0.875. The van der Waals surface area contributed by atoms with Crippen LogP contribution in [0.3, 0.4) is 0 Å². The average Bonchev–Trinajstić information content (AvgIpc) is 2.98. The Kier molecular flexibility index (Phi) is 11.5. The third-order valence-electron chi connectivity index (χ3n) is 7.72. The van der Waals surface area contributed by atoms with Crippen molar-refractivity contribution in [3.8, 4) is 0 Å². The van der Waals surface area contributed by atoms with Gasteiger partial charge in [0.05, 0.1) is 19.3 Å². The van der Waals surface area contributed by atoms with Crippen molar-refractivity contribution in [2.45, 2.75) is 118 Å². The fourth-order valence-electron chi connectivity index (χ4n) is 5.21. The molecular formula is C24H38O20. The van der Waals surface area contributed by atoms with E-state index in [1.807, 2.05) is 0 Å². The van der Waals surface area contributed by atoms with Crippen LogP contribution < -0.4 is 0 Å². The monoisotopic (exact) mass is 646 g/mol. The number of carboxylic acids is 1. The van der Waals surface area contributed by atoms with Crippen LogP contribution in [0.15, 0.2) is 11.8 Å². The Hall–Kier alpha value is -1.67. The smallest absolute Gasteiger partial charge is 0.371 e. The van der Waals surface area contributed by atoms with E-state index >= 15 is 0 Å². The van der Waals surface area contributed by atoms with Crippen molar-refractivity contribution in [3.63, 3.8) is 0 Å². The molecule has 4 heterocycles. The highest BCUT2D eigenvalue weighted by molar-refractivity contribution is 5.84. The minimum atomic E-state index is -1.97. The summed E-state index contributed by atoms with van der Waals surface area (Å²) in [6, 6.07) is 0. The lowest BCUT2D eigenvalue weighted by Gasteiger charge is -2.48. The minimum Gasteiger partial charge on any atom is -0.475 e. The summed E-state index contributed by atoms with van der Waals surface area (Å²) in [6.45, 7) is -0.281. The normalized spacial score (nSPS) is 50.0. The minimum absolute atomic E-state index is 0.717. The summed E-state index contributed by atoms with van der Waals surface area (Å²) in [7, 11) is 0. The van der Waals surface area contributed by atoms with Crippen molar-refractivity contribution in [2.75, 3.05) is 13.2 Å². The van der Waals surface area contributed by atoms with Gasteiger partial charge in [0.1, 0.15) is 79.4 Å². The summed E-state index contributed by atoms with van der Waals surface area (Å²) in [4.78, 5) is 11.3. The Morgan fingerprint density at radius 3 is 1.80 bits per heavy atom. The Morgan fingerprint density at radius 2 is 1.20 bits per heavy atom. The first kappa shape index (κ1) is 35.2. The van der Waals surface area contributed by atoms with Crippen molar-refractivity contribution >= 4 is 5.97 Å². The Labute approximate surface area is 248 Å². The molecule has 1 unspecified atom stereocenters. The maximum Gasteiger partial charge on any atom is 0.371 e. The Morgan fingerprint density at radius 1 is 0.659 bits per heavy atom. The van der Waals surface area contributed by atoms with E-state index < -0.39 is 136 Å². The van der Waals surface area contributed by atoms with Gasteiger partial charge in [-0.25, -0.2) is 4.79 Å². The van der Waals surface area contributed by atoms with Crippen molar-refractivity contribution in [3.05, 3.63) is 11.8 Å². The molecule has 0 spiro atoms. The highest BCUT2D eigenvalue weighted by atomic mass is 16.8. The maximum atomic E-state index is 11.3. The summed E-state index contributed by atoms with van der Waals surface area (Å²) in [6.07, 6.45) is -30.1. The van der Waals surface area contributed by atoms with Gasteiger partial charge in [-0.05, 0) is 13.0 Å². The highest BCUT2D eigenvalue weighted by Crippen LogP contribution is 2.33. The summed E-state index contributed by atoms with van der Waals surface area (Å²) in [5.74, 6) is -2.37. The number of carboxylic acid groups (broad SMARTS) is 1. The van der Waals surface area contributed by atoms with E-state index in [-0.39, 0.29) is 0 Å². The topological polar surface area (TPSA) is 324 Å². The number of aliphatic hydroxyl groups excluding tert-OH is 11. The van der Waals surface area contributed by atoms with Crippen LogP contribution in [0.5, 0.6) is 0 Å². The van der Waals surface area contributed by atoms with E-state index in [2.05, 4.69) is 0 Å². The van der Waals surface area contributed by atoms with Crippen LogP contribution in [0.25, 0.3) is 0 Å². The number of hydrogen-bond donors (Lipinski definition) is 12. The number of carbonyl (C=O) groups is 1. The van der Waals surface area contributed by atoms with Crippen molar-refractivity contribution < 1.29 is 99.2 Å². The Balaban J connectivity index is 1.41. The van der Waals surface area contributed by atoms with Gasteiger partial charge in [0.2, 0.25) is 12.0 Å². The summed E-state index contributed by atoms with van der Waals surface area (Å²) in [5, 5.41) is 122. The number of aliphatic hydroxyl groups is 11. The van der Waals surface area contributed by atoms with Crippen LogP contribution >= 0.6 is 0 Å². The van der Waals surface area contributed by atoms with Gasteiger partial charge in [-0.2, -0.15) is 0 Å². The molecule has 0 aliphatic carbocycles. The summed E-state index contributed by atoms with van der Waals surface area (Å²) < 4.78 is 37.4. The molecule has 44 heavy (non-hydrogen) atoms. The first-order chi connectivity index (χ1) is 20.7. The lowest BCUT2D eigenvalue weighted by Crippen LogP contribution is -2.66. The van der Waals surface area contributed by atoms with Gasteiger partial charge in [-0.15, -0.1) is 0 Å². The van der Waals surface area contributed by atoms with Crippen LogP contribution in [0.1, 0.15) is 6.92 Å². The first-order valence-corrected chi connectivity index (χ1v) is 13.6. The molecule has 0 radical (unpaired) electrons. The first-order valence-electron chi connectivity index (χ1n) is 13.6. The molecule has 3 fully saturated rings. The molecule has 4 rings (SSSR count). The molecule has 254 valence electrons. The number of ether oxygens (including phenoxy) is 7. The summed E-state index contributed by atoms with van der Waals surface area (Å²) in [5.41, 5.74) is 0. The van der Waals surface area contributed by atoms with E-state index in [9.17, 15) is 61.0 Å². The highest BCUT2D eigenvalue weighted by Gasteiger charge is 2.53. The molecule has 0 aromatic carbocycles. The molecule has 12 N–H and O–H groups in total. The largest absolute Gasteiger partial charge is 0.475 e. The summed E-state index contributed by atoms with van der Waals surface area (Å²) >= 11 is 0. The average molecular weight is 647 g/mol. The zero-order valence-corrected chi connectivity index (χ0v) is 23.0. The van der Waals surface area contributed by atoms with Gasteiger partial charge >= 0.3 is 5.97 Å². The zero-order valence-electron chi connectivity index (χ0n) is 23.0. The molecule has 0 aromatic rings. The zero-order chi connectivity index (χ0) is 32.6. The van der Waals surface area contributed by atoms with Crippen LogP contribution in [0, 0.1) is 0 Å². The molecular weight excluding hydrogens is 608 g/mol. The lowest BCUT2D eigenvalue weighted by atomic mass is 9.96. The molecule has 4 aliphatic rings. The van der Waals surface area contributed by atoms with E-state index in [0.29, 0.717) is 6.08 Å². The molecule has 3 saturated heterocycles. The van der Waals surface area contributed by atoms with Crippen molar-refractivity contribution in [2.24, 2.45) is 0 Å². The molecule has 18 atom stereocenters. The van der Waals surface area contributed by atoms with Crippen LogP contribution in [-0.2, 0) is 38.0 Å². The van der Waals surface area contributed by atoms with Gasteiger partial charge in [-0.3, -0.25) is 0 Å². The number of hydrogen-bond acceptors (Lipinski definition) is 19. The van der Waals surface area contributed by atoms with E-state index in [1.54, 1.807) is 0 Å². The second-order valence-corrected chi connectivity index (χ2v) is 10.7. The molecule has 0 aromatic heterocycles. The number of rotatable bonds is 9. The third kappa shape index (κ3) is 7.01. The second-order valence-electron chi connectivity index (χ2n) is 10.7. The van der Waals surface area contributed by atoms with Crippen LogP contribution in [0.2, 0.25) is 0 Å². The Bertz CT molecular complexity index is 997. The van der Waals surface area contributed by atoms with Gasteiger partial charge in [0, 0.05) is 0 Å². The SMILES string of the molecule is C[C@@H]1O[C@@H](O[C@H]2[C@H](O)[C@@H](CO)OC(O)[C@@H]2O)[C@H](O)[C@H](O)[C@H]1O[C@@H]1O[C@H](CO)[C@@H](O[C@@H]2OC(C(=O)O)=C[C@H](O)[C@H]2O)[C@H](O)[C@H]1O. The fourth-order valence-corrected chi connectivity index (χ4v) is 5.21. The maximum absolute atomic E-state index is 11.3. The van der Waals surface area contributed by atoms with E-state index in [1.165, 1.54) is 6.92 Å². The number of aliphatic carboxylic acids is 1. The van der Waals surface area contributed by atoms with Gasteiger partial charge in [0.25, 0.3) is 0 Å². The molecule has 0 bridgehead atoms. The lowest BCUT2D eigenvalue weighted by molar-refractivity contribution is -0.380. The predicted octanol–water partition coefficient (Wildman–Crippen LogP) is -7.47. The standard InChI is InChI=1S/C24H38O20/c1-5-17(12(30)14(32)23(38-5)44-19-11(29)8(3-25)39-21(37)16(19)34)42-24-15(33)13(31)18(9(4-26)41-24)43-22-10(28)6(27)2-7(40-22)20(35)36/h2,5-6,8-19,21-34,37H,3-4H2,1H3,(H,35,36)/t5-,6-,8+,9+,10+,11+,12-,13+,14+,15+,16+,17-,18+,19-,21?,22-,23-,24-/m0/s1.